The molecular formula is C15H25N5O. The van der Waals surface area contributed by atoms with Gasteiger partial charge in [0.2, 0.25) is 5.91 Å². The quantitative estimate of drug-likeness (QED) is 0.748. The minimum Gasteiger partial charge on any atom is -0.370 e. The number of hydrogen-bond donors (Lipinski definition) is 3. The van der Waals surface area contributed by atoms with Crippen molar-refractivity contribution in [3.63, 3.8) is 0 Å². The molecule has 1 aromatic heterocycles. The smallest absolute Gasteiger partial charge is 0.220 e. The van der Waals surface area contributed by atoms with Crippen molar-refractivity contribution in [3.8, 4) is 0 Å². The number of nitrogens with one attached hydrogen (secondary N) is 3. The van der Waals surface area contributed by atoms with Crippen LogP contribution in [0, 0.1) is 0 Å². The fraction of sp³-hybridized carbons (Fsp3) is 0.667. The van der Waals surface area contributed by atoms with E-state index in [1.54, 1.807) is 6.33 Å². The molecule has 21 heavy (non-hydrogen) atoms. The van der Waals surface area contributed by atoms with Crippen LogP contribution in [0.5, 0.6) is 0 Å². The first-order valence-electron chi connectivity index (χ1n) is 7.73. The molecule has 6 nitrogen and oxygen atoms in total. The third-order valence-corrected chi connectivity index (χ3v) is 3.61. The molecule has 1 amide bonds. The van der Waals surface area contributed by atoms with Crippen LogP contribution >= 0.6 is 0 Å². The summed E-state index contributed by atoms with van der Waals surface area (Å²) in [5.74, 6) is 2.24. The lowest BCUT2D eigenvalue weighted by molar-refractivity contribution is -0.122. The van der Waals surface area contributed by atoms with Gasteiger partial charge in [0.05, 0.1) is 0 Å². The zero-order chi connectivity index (χ0) is 15.2. The van der Waals surface area contributed by atoms with Crippen molar-refractivity contribution in [1.82, 2.24) is 15.3 Å². The van der Waals surface area contributed by atoms with E-state index in [-0.39, 0.29) is 11.9 Å². The summed E-state index contributed by atoms with van der Waals surface area (Å²) in [6.07, 6.45) is 4.05. The summed E-state index contributed by atoms with van der Waals surface area (Å²) in [5, 5.41) is 9.72. The Labute approximate surface area is 126 Å². The number of anilines is 2. The van der Waals surface area contributed by atoms with Crippen LogP contribution in [0.4, 0.5) is 11.6 Å². The first-order valence-corrected chi connectivity index (χ1v) is 7.73. The van der Waals surface area contributed by atoms with E-state index in [0.29, 0.717) is 18.9 Å². The molecular weight excluding hydrogens is 266 g/mol. The normalized spacial score (nSPS) is 18.5. The molecule has 116 valence electrons. The van der Waals surface area contributed by atoms with Crippen molar-refractivity contribution >= 4 is 17.5 Å². The van der Waals surface area contributed by atoms with E-state index in [1.165, 1.54) is 0 Å². The Morgan fingerprint density at radius 2 is 2.14 bits per heavy atom. The van der Waals surface area contributed by atoms with E-state index >= 15 is 0 Å². The highest BCUT2D eigenvalue weighted by molar-refractivity contribution is 5.77. The third kappa shape index (κ3) is 4.06. The number of aromatic nitrogens is 2. The van der Waals surface area contributed by atoms with E-state index in [4.69, 9.17) is 0 Å². The van der Waals surface area contributed by atoms with Gasteiger partial charge in [0.1, 0.15) is 18.0 Å². The molecule has 1 aliphatic rings. The second kappa shape index (κ2) is 7.24. The van der Waals surface area contributed by atoms with Crippen LogP contribution in [0.2, 0.25) is 0 Å². The summed E-state index contributed by atoms with van der Waals surface area (Å²) in [6.45, 7) is 7.97. The van der Waals surface area contributed by atoms with Crippen LogP contribution in [-0.4, -0.2) is 35.0 Å². The topological polar surface area (TPSA) is 78.9 Å². The number of amides is 1. The maximum absolute atomic E-state index is 11.2. The molecule has 0 radical (unpaired) electrons. The maximum Gasteiger partial charge on any atom is 0.220 e. The minimum atomic E-state index is 0.130. The van der Waals surface area contributed by atoms with Gasteiger partial charge in [-0.05, 0) is 18.8 Å². The molecule has 1 aromatic rings. The Bertz CT molecular complexity index is 479. The molecule has 2 heterocycles. The van der Waals surface area contributed by atoms with E-state index in [2.05, 4.69) is 46.7 Å². The summed E-state index contributed by atoms with van der Waals surface area (Å²) in [7, 11) is 0. The Morgan fingerprint density at radius 3 is 2.76 bits per heavy atom. The molecule has 0 aliphatic carbocycles. The summed E-state index contributed by atoms with van der Waals surface area (Å²) in [6, 6.07) is 0.231. The zero-order valence-electron chi connectivity index (χ0n) is 13.1. The average molecular weight is 291 g/mol. The van der Waals surface area contributed by atoms with Crippen LogP contribution in [0.3, 0.4) is 0 Å². The third-order valence-electron chi connectivity index (χ3n) is 3.61. The lowest BCUT2D eigenvalue weighted by atomic mass is 10.0. The van der Waals surface area contributed by atoms with Crippen LogP contribution < -0.4 is 16.0 Å². The first-order chi connectivity index (χ1) is 10.1. The highest BCUT2D eigenvalue weighted by atomic mass is 16.1. The van der Waals surface area contributed by atoms with Gasteiger partial charge < -0.3 is 16.0 Å². The highest BCUT2D eigenvalue weighted by Crippen LogP contribution is 2.29. The monoisotopic (exact) mass is 291 g/mol. The van der Waals surface area contributed by atoms with E-state index in [9.17, 15) is 4.79 Å². The standard InChI is InChI=1S/C15H25N5O/c1-4-7-16-14-13(10(2)3)15(19-9-18-14)20-11-5-6-12(21)17-8-11/h9-11H,4-8H2,1-3H3,(H,17,21)(H2,16,18,19,20). The van der Waals surface area contributed by atoms with Gasteiger partial charge in [-0.1, -0.05) is 20.8 Å². The number of carbonyl (C=O) groups is 1. The minimum absolute atomic E-state index is 0.130. The second-order valence-electron chi connectivity index (χ2n) is 5.75. The number of carbonyl (C=O) groups excluding carboxylic acids is 1. The zero-order valence-corrected chi connectivity index (χ0v) is 13.1. The maximum atomic E-state index is 11.2. The average Bonchev–Trinajstić information content (AvgIpc) is 2.47. The summed E-state index contributed by atoms with van der Waals surface area (Å²) >= 11 is 0. The van der Waals surface area contributed by atoms with Gasteiger partial charge in [-0.2, -0.15) is 0 Å². The molecule has 2 rings (SSSR count). The molecule has 3 N–H and O–H groups in total. The van der Waals surface area contributed by atoms with Gasteiger partial charge >= 0.3 is 0 Å². The second-order valence-corrected chi connectivity index (χ2v) is 5.75. The van der Waals surface area contributed by atoms with Gasteiger partial charge in [0, 0.05) is 31.1 Å². The fourth-order valence-corrected chi connectivity index (χ4v) is 2.49. The predicted octanol–water partition coefficient (Wildman–Crippen LogP) is 2.11. The Kier molecular flexibility index (Phi) is 5.36. The largest absolute Gasteiger partial charge is 0.370 e. The molecule has 1 aliphatic heterocycles. The molecule has 0 saturated carbocycles. The fourth-order valence-electron chi connectivity index (χ4n) is 2.49. The molecule has 0 bridgehead atoms. The Hall–Kier alpha value is -1.85. The molecule has 1 atom stereocenters. The van der Waals surface area contributed by atoms with Crippen molar-refractivity contribution in [2.24, 2.45) is 0 Å². The number of nitrogens with zero attached hydrogens (tertiary/aromatic N) is 2. The van der Waals surface area contributed by atoms with E-state index < -0.39 is 0 Å². The van der Waals surface area contributed by atoms with Crippen molar-refractivity contribution in [3.05, 3.63) is 11.9 Å². The van der Waals surface area contributed by atoms with Crippen molar-refractivity contribution < 1.29 is 4.79 Å². The lowest BCUT2D eigenvalue weighted by Crippen LogP contribution is -2.42. The lowest BCUT2D eigenvalue weighted by Gasteiger charge is -2.26. The molecule has 1 saturated heterocycles. The van der Waals surface area contributed by atoms with E-state index in [0.717, 1.165) is 36.6 Å². The molecule has 6 heteroatoms. The Morgan fingerprint density at radius 1 is 1.38 bits per heavy atom. The van der Waals surface area contributed by atoms with Gasteiger partial charge in [-0.3, -0.25) is 4.79 Å². The first kappa shape index (κ1) is 15.5. The van der Waals surface area contributed by atoms with Gasteiger partial charge in [-0.25, -0.2) is 9.97 Å². The summed E-state index contributed by atoms with van der Waals surface area (Å²) in [5.41, 5.74) is 1.11. The van der Waals surface area contributed by atoms with Crippen LogP contribution in [0.25, 0.3) is 0 Å². The predicted molar refractivity (Wildman–Crippen MR) is 84.6 cm³/mol. The van der Waals surface area contributed by atoms with E-state index in [1.807, 2.05) is 0 Å². The SMILES string of the molecule is CCCNc1ncnc(NC2CCC(=O)NC2)c1C(C)C. The van der Waals surface area contributed by atoms with Gasteiger partial charge in [-0.15, -0.1) is 0 Å². The van der Waals surface area contributed by atoms with Crippen molar-refractivity contribution in [2.45, 2.75) is 52.0 Å². The number of piperidine rings is 1. The highest BCUT2D eigenvalue weighted by Gasteiger charge is 2.21. The van der Waals surface area contributed by atoms with Crippen LogP contribution in [0.1, 0.15) is 51.5 Å². The molecule has 1 unspecified atom stereocenters. The number of rotatable bonds is 6. The molecule has 1 fully saturated rings. The van der Waals surface area contributed by atoms with Crippen molar-refractivity contribution in [2.75, 3.05) is 23.7 Å². The molecule has 0 aromatic carbocycles. The van der Waals surface area contributed by atoms with Crippen molar-refractivity contribution in [1.29, 1.82) is 0 Å². The van der Waals surface area contributed by atoms with Gasteiger partial charge in [0.25, 0.3) is 0 Å². The summed E-state index contributed by atoms with van der Waals surface area (Å²) < 4.78 is 0. The van der Waals surface area contributed by atoms with Gasteiger partial charge in [0.15, 0.2) is 0 Å². The molecule has 0 spiro atoms. The van der Waals surface area contributed by atoms with Crippen LogP contribution in [-0.2, 0) is 4.79 Å². The van der Waals surface area contributed by atoms with Crippen LogP contribution in [0.15, 0.2) is 6.33 Å². The summed E-state index contributed by atoms with van der Waals surface area (Å²) in [4.78, 5) is 20.0. The number of hydrogen-bond acceptors (Lipinski definition) is 5. The Balaban J connectivity index is 2.15.